The molecule has 4 aromatic rings. The minimum Gasteiger partial charge on any atom is -0.497 e. The Morgan fingerprint density at radius 1 is 1.09 bits per heavy atom. The number of carbonyl (C=O) groups is 1. The number of aryl methyl sites for hydroxylation is 1. The molecule has 0 bridgehead atoms. The van der Waals surface area contributed by atoms with E-state index in [9.17, 15) is 13.2 Å². The van der Waals surface area contributed by atoms with E-state index in [0.29, 0.717) is 27.6 Å². The summed E-state index contributed by atoms with van der Waals surface area (Å²) in [6.07, 6.45) is 0. The van der Waals surface area contributed by atoms with E-state index >= 15 is 0 Å². The molecule has 4 rings (SSSR count). The number of thiazole rings is 1. The molecule has 170 valence electrons. The maximum Gasteiger partial charge on any atom is 0.279 e. The van der Waals surface area contributed by atoms with Gasteiger partial charge in [-0.05, 0) is 73.7 Å². The van der Waals surface area contributed by atoms with Crippen LogP contribution in [0.4, 0.5) is 5.69 Å². The molecule has 0 saturated heterocycles. The summed E-state index contributed by atoms with van der Waals surface area (Å²) in [6.45, 7) is 2.64. The van der Waals surface area contributed by atoms with Crippen LogP contribution in [0, 0.1) is 0 Å². The number of hydrogen-bond donors (Lipinski definition) is 1. The Morgan fingerprint density at radius 2 is 1.79 bits per heavy atom. The minimum absolute atomic E-state index is 0.0903. The Morgan fingerprint density at radius 3 is 2.42 bits per heavy atom. The first-order valence-corrected chi connectivity index (χ1v) is 12.6. The van der Waals surface area contributed by atoms with Crippen LogP contribution in [0.3, 0.4) is 0 Å². The lowest BCUT2D eigenvalue weighted by molar-refractivity contribution is 0.0998. The van der Waals surface area contributed by atoms with Gasteiger partial charge in [0.1, 0.15) is 5.75 Å². The van der Waals surface area contributed by atoms with E-state index in [4.69, 9.17) is 16.3 Å². The normalized spacial score (nSPS) is 12.2. The van der Waals surface area contributed by atoms with E-state index in [1.54, 1.807) is 7.11 Å². The number of hydrogen-bond acceptors (Lipinski definition) is 5. The van der Waals surface area contributed by atoms with Crippen LogP contribution in [0.15, 0.2) is 76.6 Å². The van der Waals surface area contributed by atoms with E-state index in [1.807, 2.05) is 29.7 Å². The van der Waals surface area contributed by atoms with Gasteiger partial charge in [-0.15, -0.1) is 0 Å². The van der Waals surface area contributed by atoms with E-state index in [0.717, 1.165) is 16.0 Å². The number of fused-ring (bicyclic) bond motifs is 1. The summed E-state index contributed by atoms with van der Waals surface area (Å²) in [6, 6.07) is 17.7. The molecule has 0 spiro atoms. The third kappa shape index (κ3) is 4.95. The van der Waals surface area contributed by atoms with Crippen molar-refractivity contribution in [3.8, 4) is 5.75 Å². The van der Waals surface area contributed by atoms with E-state index in [1.165, 1.54) is 59.9 Å². The van der Waals surface area contributed by atoms with Crippen molar-refractivity contribution in [1.82, 2.24) is 4.57 Å². The quantitative estimate of drug-likeness (QED) is 0.406. The van der Waals surface area contributed by atoms with Crippen LogP contribution in [0.1, 0.15) is 17.3 Å². The Kier molecular flexibility index (Phi) is 6.55. The minimum atomic E-state index is -3.77. The molecule has 0 unspecified atom stereocenters. The van der Waals surface area contributed by atoms with Gasteiger partial charge in [0.15, 0.2) is 4.80 Å². The van der Waals surface area contributed by atoms with Crippen molar-refractivity contribution >= 4 is 54.8 Å². The van der Waals surface area contributed by atoms with Gasteiger partial charge in [-0.25, -0.2) is 8.42 Å². The first kappa shape index (κ1) is 23.0. The molecule has 10 heteroatoms. The summed E-state index contributed by atoms with van der Waals surface area (Å²) in [7, 11) is -2.16. The summed E-state index contributed by atoms with van der Waals surface area (Å²) >= 11 is 7.23. The Bertz CT molecular complexity index is 1490. The van der Waals surface area contributed by atoms with Crippen LogP contribution in [-0.4, -0.2) is 26.0 Å². The van der Waals surface area contributed by atoms with Crippen molar-refractivity contribution in [2.24, 2.45) is 4.99 Å². The Balaban J connectivity index is 1.59. The second kappa shape index (κ2) is 9.38. The zero-order chi connectivity index (χ0) is 23.6. The van der Waals surface area contributed by atoms with Crippen LogP contribution in [0.25, 0.3) is 10.2 Å². The average molecular weight is 502 g/mol. The number of benzene rings is 3. The van der Waals surface area contributed by atoms with Gasteiger partial charge in [-0.1, -0.05) is 22.9 Å². The fourth-order valence-electron chi connectivity index (χ4n) is 3.23. The lowest BCUT2D eigenvalue weighted by atomic mass is 10.2. The zero-order valence-electron chi connectivity index (χ0n) is 17.8. The van der Waals surface area contributed by atoms with Gasteiger partial charge in [-0.3, -0.25) is 9.52 Å². The molecule has 1 aromatic heterocycles. The molecule has 0 aliphatic rings. The molecule has 33 heavy (non-hydrogen) atoms. The van der Waals surface area contributed by atoms with Gasteiger partial charge >= 0.3 is 0 Å². The smallest absolute Gasteiger partial charge is 0.279 e. The van der Waals surface area contributed by atoms with Crippen molar-refractivity contribution in [2.45, 2.75) is 18.4 Å². The monoisotopic (exact) mass is 501 g/mol. The maximum atomic E-state index is 12.8. The maximum absolute atomic E-state index is 12.8. The molecule has 1 N–H and O–H groups in total. The number of methoxy groups -OCH3 is 1. The number of sulfonamides is 1. The molecule has 0 aliphatic heterocycles. The number of aromatic nitrogens is 1. The van der Waals surface area contributed by atoms with Gasteiger partial charge in [0.25, 0.3) is 15.9 Å². The van der Waals surface area contributed by atoms with Gasteiger partial charge in [0.2, 0.25) is 0 Å². The molecular weight excluding hydrogens is 482 g/mol. The molecule has 0 radical (unpaired) electrons. The summed E-state index contributed by atoms with van der Waals surface area (Å²) in [5.74, 6) is 0.323. The summed E-state index contributed by atoms with van der Waals surface area (Å²) in [5, 5.41) is 0.447. The lowest BCUT2D eigenvalue weighted by Gasteiger charge is -2.08. The fraction of sp³-hybridized carbons (Fsp3) is 0.130. The van der Waals surface area contributed by atoms with Crippen molar-refractivity contribution in [1.29, 1.82) is 0 Å². The van der Waals surface area contributed by atoms with Crippen LogP contribution >= 0.6 is 22.9 Å². The molecule has 1 heterocycles. The van der Waals surface area contributed by atoms with E-state index in [-0.39, 0.29) is 4.90 Å². The second-order valence-corrected chi connectivity index (χ2v) is 10.1. The number of nitrogens with zero attached hydrogens (tertiary/aromatic N) is 2. The third-order valence-corrected chi connectivity index (χ3v) is 7.60. The van der Waals surface area contributed by atoms with Crippen molar-refractivity contribution in [3.63, 3.8) is 0 Å². The van der Waals surface area contributed by atoms with Gasteiger partial charge < -0.3 is 9.30 Å². The molecule has 0 aliphatic carbocycles. The second-order valence-electron chi connectivity index (χ2n) is 7.02. The summed E-state index contributed by atoms with van der Waals surface area (Å²) in [5.41, 5.74) is 1.66. The molecule has 7 nitrogen and oxygen atoms in total. The van der Waals surface area contributed by atoms with E-state index in [2.05, 4.69) is 9.71 Å². The van der Waals surface area contributed by atoms with Crippen LogP contribution in [-0.2, 0) is 16.6 Å². The number of carbonyl (C=O) groups excluding carboxylic acids is 1. The number of ether oxygens (including phenoxy) is 1. The number of rotatable bonds is 6. The van der Waals surface area contributed by atoms with Crippen LogP contribution in [0.2, 0.25) is 5.02 Å². The highest BCUT2D eigenvalue weighted by Gasteiger charge is 2.15. The van der Waals surface area contributed by atoms with E-state index < -0.39 is 15.9 Å². The zero-order valence-corrected chi connectivity index (χ0v) is 20.2. The molecular formula is C23H20ClN3O4S2. The number of nitrogens with one attached hydrogen (secondary N) is 1. The molecule has 0 atom stereocenters. The highest BCUT2D eigenvalue weighted by atomic mass is 35.5. The first-order chi connectivity index (χ1) is 15.8. The third-order valence-electron chi connectivity index (χ3n) is 4.91. The largest absolute Gasteiger partial charge is 0.497 e. The fourth-order valence-corrected chi connectivity index (χ4v) is 5.54. The van der Waals surface area contributed by atoms with Crippen LogP contribution < -0.4 is 14.3 Å². The Labute approximate surface area is 200 Å². The topological polar surface area (TPSA) is 89.8 Å². The van der Waals surface area contributed by atoms with Gasteiger partial charge in [0.05, 0.1) is 22.2 Å². The summed E-state index contributed by atoms with van der Waals surface area (Å²) < 4.78 is 35.8. The SMILES string of the molecule is CCn1c(=NC(=O)c2ccc(NS(=O)(=O)c3ccc(Cl)cc3)cc2)sc2cc(OC)ccc21. The predicted octanol–water partition coefficient (Wildman–Crippen LogP) is 4.93. The summed E-state index contributed by atoms with van der Waals surface area (Å²) in [4.78, 5) is 17.8. The van der Waals surface area contributed by atoms with Crippen molar-refractivity contribution in [3.05, 3.63) is 82.1 Å². The highest BCUT2D eigenvalue weighted by molar-refractivity contribution is 7.92. The Hall–Kier alpha value is -3.14. The average Bonchev–Trinajstić information content (AvgIpc) is 3.15. The predicted molar refractivity (Wildman–Crippen MR) is 131 cm³/mol. The number of anilines is 1. The van der Waals surface area contributed by atoms with Crippen molar-refractivity contribution in [2.75, 3.05) is 11.8 Å². The standard InChI is InChI=1S/C23H20ClN3O4S2/c1-3-27-20-13-10-18(31-2)14-21(20)32-23(27)25-22(28)15-4-8-17(9-5-15)26-33(29,30)19-11-6-16(24)7-12-19/h4-14,26H,3H2,1-2H3. The van der Waals surface area contributed by atoms with Gasteiger partial charge in [-0.2, -0.15) is 4.99 Å². The molecule has 1 amide bonds. The molecule has 0 fully saturated rings. The number of amides is 1. The number of halogens is 1. The first-order valence-electron chi connectivity index (χ1n) is 9.95. The molecule has 3 aromatic carbocycles. The van der Waals surface area contributed by atoms with Crippen LogP contribution in [0.5, 0.6) is 5.75 Å². The van der Waals surface area contributed by atoms with Crippen molar-refractivity contribution < 1.29 is 17.9 Å². The van der Waals surface area contributed by atoms with Gasteiger partial charge in [0, 0.05) is 22.8 Å². The highest BCUT2D eigenvalue weighted by Crippen LogP contribution is 2.23. The lowest BCUT2D eigenvalue weighted by Crippen LogP contribution is -2.16. The molecule has 0 saturated carbocycles.